The summed E-state index contributed by atoms with van der Waals surface area (Å²) >= 11 is 12.2. The highest BCUT2D eigenvalue weighted by Crippen LogP contribution is 2.31. The Morgan fingerprint density at radius 2 is 1.81 bits per heavy atom. The standard InChI is InChI=1S/C26H20ClN3O4S2/c1-16-3-2-4-20(13-16)28-23(31)15-34-21-11-5-17(6-12-21)14-22-25(33)30(26(35)36-22)29-24(32)18-7-9-19(27)10-8-18/h2-14H,15H2,1H3,(H,28,31)(H,29,32)/b22-14+. The lowest BCUT2D eigenvalue weighted by molar-refractivity contribution is -0.123. The Hall–Kier alpha value is -3.66. The van der Waals surface area contributed by atoms with E-state index in [1.165, 1.54) is 0 Å². The zero-order chi connectivity index (χ0) is 25.7. The van der Waals surface area contributed by atoms with E-state index in [9.17, 15) is 14.4 Å². The molecule has 0 aliphatic carbocycles. The molecule has 7 nitrogen and oxygen atoms in total. The van der Waals surface area contributed by atoms with Crippen LogP contribution in [0.5, 0.6) is 5.75 Å². The van der Waals surface area contributed by atoms with Gasteiger partial charge in [0, 0.05) is 16.3 Å². The predicted molar refractivity (Wildman–Crippen MR) is 146 cm³/mol. The van der Waals surface area contributed by atoms with Gasteiger partial charge in [0.15, 0.2) is 10.9 Å². The molecular formula is C26H20ClN3O4S2. The average molecular weight is 538 g/mol. The predicted octanol–water partition coefficient (Wildman–Crippen LogP) is 5.21. The number of nitrogens with one attached hydrogen (secondary N) is 2. The van der Waals surface area contributed by atoms with Crippen LogP contribution in [-0.4, -0.2) is 33.7 Å². The van der Waals surface area contributed by atoms with E-state index in [4.69, 9.17) is 28.6 Å². The smallest absolute Gasteiger partial charge is 0.285 e. The van der Waals surface area contributed by atoms with Gasteiger partial charge in [0.2, 0.25) is 0 Å². The van der Waals surface area contributed by atoms with E-state index in [1.54, 1.807) is 54.6 Å². The first kappa shape index (κ1) is 25.4. The van der Waals surface area contributed by atoms with Gasteiger partial charge in [0.05, 0.1) is 4.91 Å². The fourth-order valence-corrected chi connectivity index (χ4v) is 4.52. The van der Waals surface area contributed by atoms with Crippen LogP contribution >= 0.6 is 35.6 Å². The van der Waals surface area contributed by atoms with Gasteiger partial charge in [-0.1, -0.05) is 47.6 Å². The number of hydrogen-bond donors (Lipinski definition) is 2. The number of rotatable bonds is 7. The van der Waals surface area contributed by atoms with Crippen LogP contribution in [-0.2, 0) is 9.59 Å². The van der Waals surface area contributed by atoms with Crippen molar-refractivity contribution >= 4 is 69.4 Å². The summed E-state index contributed by atoms with van der Waals surface area (Å²) in [5.74, 6) is -0.666. The molecule has 2 N–H and O–H groups in total. The van der Waals surface area contributed by atoms with Gasteiger partial charge in [-0.2, -0.15) is 5.01 Å². The number of amides is 3. The molecule has 1 saturated heterocycles. The van der Waals surface area contributed by atoms with E-state index in [0.717, 1.165) is 27.9 Å². The van der Waals surface area contributed by atoms with Crippen LogP contribution in [0.25, 0.3) is 6.08 Å². The molecular weight excluding hydrogens is 518 g/mol. The Morgan fingerprint density at radius 3 is 2.50 bits per heavy atom. The lowest BCUT2D eigenvalue weighted by atomic mass is 10.2. The zero-order valence-corrected chi connectivity index (χ0v) is 21.4. The summed E-state index contributed by atoms with van der Waals surface area (Å²) in [5.41, 5.74) is 5.36. The van der Waals surface area contributed by atoms with Crippen LogP contribution in [0.2, 0.25) is 5.02 Å². The number of thiocarbonyl (C=S) groups is 1. The van der Waals surface area contributed by atoms with E-state index < -0.39 is 11.8 Å². The largest absolute Gasteiger partial charge is 0.484 e. The number of carbonyl (C=O) groups is 3. The number of halogens is 1. The fraction of sp³-hybridized carbons (Fsp3) is 0.0769. The van der Waals surface area contributed by atoms with Gasteiger partial charge in [-0.3, -0.25) is 19.8 Å². The maximum atomic E-state index is 12.8. The van der Waals surface area contributed by atoms with E-state index >= 15 is 0 Å². The Bertz CT molecular complexity index is 1360. The fourth-order valence-electron chi connectivity index (χ4n) is 3.21. The number of hydrazine groups is 1. The molecule has 1 aliphatic heterocycles. The van der Waals surface area contributed by atoms with Gasteiger partial charge in [0.1, 0.15) is 5.75 Å². The maximum Gasteiger partial charge on any atom is 0.285 e. The first-order chi connectivity index (χ1) is 17.3. The SMILES string of the molecule is Cc1cccc(NC(=O)COc2ccc(/C=C3/SC(=S)N(NC(=O)c4ccc(Cl)cc4)C3=O)cc2)c1. The number of nitrogens with zero attached hydrogens (tertiary/aromatic N) is 1. The monoisotopic (exact) mass is 537 g/mol. The molecule has 1 heterocycles. The highest BCUT2D eigenvalue weighted by Gasteiger charge is 2.33. The Kier molecular flexibility index (Phi) is 8.04. The lowest BCUT2D eigenvalue weighted by Gasteiger charge is -2.15. The van der Waals surface area contributed by atoms with E-state index in [2.05, 4.69) is 10.7 Å². The second-order valence-electron chi connectivity index (χ2n) is 7.74. The molecule has 3 aromatic carbocycles. The van der Waals surface area contributed by atoms with Crippen molar-refractivity contribution < 1.29 is 19.1 Å². The summed E-state index contributed by atoms with van der Waals surface area (Å²) in [4.78, 5) is 37.8. The third kappa shape index (κ3) is 6.51. The first-order valence-corrected chi connectivity index (χ1v) is 12.3. The van der Waals surface area contributed by atoms with Crippen LogP contribution in [0, 0.1) is 6.92 Å². The van der Waals surface area contributed by atoms with Crippen LogP contribution < -0.4 is 15.5 Å². The average Bonchev–Trinajstić information content (AvgIpc) is 3.11. The molecule has 0 spiro atoms. The highest BCUT2D eigenvalue weighted by molar-refractivity contribution is 8.26. The lowest BCUT2D eigenvalue weighted by Crippen LogP contribution is -2.44. The molecule has 0 saturated carbocycles. The molecule has 182 valence electrons. The van der Waals surface area contributed by atoms with Gasteiger partial charge >= 0.3 is 0 Å². The number of thioether (sulfide) groups is 1. The van der Waals surface area contributed by atoms with Gasteiger partial charge in [-0.15, -0.1) is 0 Å². The molecule has 3 amide bonds. The third-order valence-electron chi connectivity index (χ3n) is 4.96. The molecule has 0 atom stereocenters. The van der Waals surface area contributed by atoms with Crippen LogP contribution in [0.15, 0.2) is 77.7 Å². The minimum Gasteiger partial charge on any atom is -0.484 e. The number of anilines is 1. The van der Waals surface area contributed by atoms with Crippen molar-refractivity contribution in [3.05, 3.63) is 99.4 Å². The Labute approximate surface area is 222 Å². The Balaban J connectivity index is 1.33. The maximum absolute atomic E-state index is 12.8. The van der Waals surface area contributed by atoms with Gasteiger partial charge in [-0.05, 0) is 84.9 Å². The molecule has 1 aliphatic rings. The van der Waals surface area contributed by atoms with Gasteiger partial charge < -0.3 is 10.1 Å². The molecule has 0 bridgehead atoms. The van der Waals surface area contributed by atoms with Crippen LogP contribution in [0.3, 0.4) is 0 Å². The summed E-state index contributed by atoms with van der Waals surface area (Å²) in [5, 5.41) is 4.34. The number of carbonyl (C=O) groups excluding carboxylic acids is 3. The number of benzene rings is 3. The second kappa shape index (κ2) is 11.4. The summed E-state index contributed by atoms with van der Waals surface area (Å²) in [6.45, 7) is 1.81. The number of hydrogen-bond acceptors (Lipinski definition) is 6. The van der Waals surface area contributed by atoms with Crippen molar-refractivity contribution in [1.29, 1.82) is 0 Å². The van der Waals surface area contributed by atoms with Crippen molar-refractivity contribution in [2.45, 2.75) is 6.92 Å². The second-order valence-corrected chi connectivity index (χ2v) is 9.85. The summed E-state index contributed by atoms with van der Waals surface area (Å²) in [7, 11) is 0. The summed E-state index contributed by atoms with van der Waals surface area (Å²) < 4.78 is 5.77. The van der Waals surface area contributed by atoms with Crippen LogP contribution in [0.4, 0.5) is 5.69 Å². The molecule has 3 aromatic rings. The first-order valence-electron chi connectivity index (χ1n) is 10.7. The Morgan fingerprint density at radius 1 is 1.08 bits per heavy atom. The molecule has 0 aromatic heterocycles. The van der Waals surface area contributed by atoms with Crippen LogP contribution in [0.1, 0.15) is 21.5 Å². The molecule has 10 heteroatoms. The van der Waals surface area contributed by atoms with E-state index in [0.29, 0.717) is 26.9 Å². The number of ether oxygens (including phenoxy) is 1. The summed E-state index contributed by atoms with van der Waals surface area (Å²) in [6, 6.07) is 20.7. The zero-order valence-electron chi connectivity index (χ0n) is 19.0. The van der Waals surface area contributed by atoms with Gasteiger partial charge in [0.25, 0.3) is 17.7 Å². The van der Waals surface area contributed by atoms with Crippen molar-refractivity contribution in [2.24, 2.45) is 0 Å². The summed E-state index contributed by atoms with van der Waals surface area (Å²) in [6.07, 6.45) is 1.67. The topological polar surface area (TPSA) is 87.7 Å². The third-order valence-corrected chi connectivity index (χ3v) is 6.52. The quantitative estimate of drug-likeness (QED) is 0.318. The molecule has 0 radical (unpaired) electrons. The minimum absolute atomic E-state index is 0.140. The molecule has 0 unspecified atom stereocenters. The highest BCUT2D eigenvalue weighted by atomic mass is 35.5. The van der Waals surface area contributed by atoms with E-state index in [-0.39, 0.29) is 16.8 Å². The van der Waals surface area contributed by atoms with Crippen molar-refractivity contribution in [3.63, 3.8) is 0 Å². The van der Waals surface area contributed by atoms with Crippen molar-refractivity contribution in [3.8, 4) is 5.75 Å². The van der Waals surface area contributed by atoms with Gasteiger partial charge in [-0.25, -0.2) is 0 Å². The van der Waals surface area contributed by atoms with Crippen molar-refractivity contribution in [1.82, 2.24) is 10.4 Å². The molecule has 36 heavy (non-hydrogen) atoms. The minimum atomic E-state index is -0.475. The molecule has 1 fully saturated rings. The van der Waals surface area contributed by atoms with Crippen molar-refractivity contribution in [2.75, 3.05) is 11.9 Å². The normalized spacial score (nSPS) is 14.2. The number of aryl methyl sites for hydroxylation is 1. The molecule has 4 rings (SSSR count). The van der Waals surface area contributed by atoms with E-state index in [1.807, 2.05) is 31.2 Å².